The van der Waals surface area contributed by atoms with Crippen LogP contribution in [0.25, 0.3) is 0 Å². The highest BCUT2D eigenvalue weighted by Crippen LogP contribution is 2.30. The summed E-state index contributed by atoms with van der Waals surface area (Å²) in [6, 6.07) is -0.283. The van der Waals surface area contributed by atoms with E-state index in [1.54, 1.807) is 13.8 Å². The summed E-state index contributed by atoms with van der Waals surface area (Å²) in [5, 5.41) is 16.4. The van der Waals surface area contributed by atoms with Crippen LogP contribution in [0.3, 0.4) is 0 Å². The molecule has 0 spiro atoms. The Bertz CT molecular complexity index is 1110. The topological polar surface area (TPSA) is 217 Å². The van der Waals surface area contributed by atoms with Crippen molar-refractivity contribution in [3.8, 4) is 5.75 Å². The fourth-order valence-corrected chi connectivity index (χ4v) is 4.27. The smallest absolute Gasteiger partial charge is 0.270 e. The van der Waals surface area contributed by atoms with Gasteiger partial charge in [-0.2, -0.15) is 0 Å². The van der Waals surface area contributed by atoms with Gasteiger partial charge in [-0.3, -0.25) is 34.1 Å². The molecule has 194 valence electrons. The van der Waals surface area contributed by atoms with E-state index >= 15 is 0 Å². The maximum absolute atomic E-state index is 13.4. The van der Waals surface area contributed by atoms with E-state index in [1.807, 2.05) is 0 Å². The van der Waals surface area contributed by atoms with Crippen molar-refractivity contribution in [2.75, 3.05) is 6.54 Å². The molecule has 0 aliphatic carbocycles. The summed E-state index contributed by atoms with van der Waals surface area (Å²) >= 11 is 0. The summed E-state index contributed by atoms with van der Waals surface area (Å²) in [6.07, 6.45) is -0.948. The molecule has 5 atom stereocenters. The number of hydrogen-bond acceptors (Lipinski definition) is 8. The van der Waals surface area contributed by atoms with Gasteiger partial charge in [-0.1, -0.05) is 20.3 Å². The van der Waals surface area contributed by atoms with Crippen LogP contribution < -0.4 is 26.8 Å². The number of benzene rings is 1. The lowest BCUT2D eigenvalue weighted by Crippen LogP contribution is -2.58. The zero-order valence-corrected chi connectivity index (χ0v) is 19.8. The van der Waals surface area contributed by atoms with E-state index in [0.717, 1.165) is 17.0 Å². The molecular formula is C22H28N6O8. The fraction of sp³-hybridized carbons (Fsp3) is 0.500. The number of nitrogens with one attached hydrogen (secondary N) is 2. The first-order chi connectivity index (χ1) is 16.9. The van der Waals surface area contributed by atoms with Crippen LogP contribution in [0.15, 0.2) is 18.2 Å². The molecule has 0 aromatic heterocycles. The number of nitro benzene ring substituents is 1. The maximum atomic E-state index is 13.4. The Labute approximate surface area is 205 Å². The van der Waals surface area contributed by atoms with E-state index in [1.165, 1.54) is 6.07 Å². The van der Waals surface area contributed by atoms with E-state index in [9.17, 15) is 34.1 Å². The van der Waals surface area contributed by atoms with Gasteiger partial charge in [0.25, 0.3) is 11.6 Å². The van der Waals surface area contributed by atoms with Gasteiger partial charge in [0.2, 0.25) is 23.6 Å². The summed E-state index contributed by atoms with van der Waals surface area (Å²) in [5.41, 5.74) is 10.2. The van der Waals surface area contributed by atoms with Gasteiger partial charge in [-0.05, 0) is 12.0 Å². The Morgan fingerprint density at radius 3 is 2.53 bits per heavy atom. The van der Waals surface area contributed by atoms with Gasteiger partial charge >= 0.3 is 0 Å². The van der Waals surface area contributed by atoms with Crippen molar-refractivity contribution in [3.63, 3.8) is 0 Å². The summed E-state index contributed by atoms with van der Waals surface area (Å²) < 4.78 is 5.92. The number of nitro groups is 1. The van der Waals surface area contributed by atoms with Gasteiger partial charge in [0.05, 0.1) is 23.5 Å². The van der Waals surface area contributed by atoms with Crippen LogP contribution in [0.1, 0.15) is 43.5 Å². The number of carbonyl (C=O) groups excluding carboxylic acids is 5. The lowest BCUT2D eigenvalue weighted by molar-refractivity contribution is -0.384. The third-order valence-corrected chi connectivity index (χ3v) is 6.39. The number of non-ortho nitro benzene ring substituents is 1. The first kappa shape index (κ1) is 26.4. The van der Waals surface area contributed by atoms with Crippen LogP contribution in [-0.2, 0) is 19.2 Å². The molecule has 1 fully saturated rings. The summed E-state index contributed by atoms with van der Waals surface area (Å²) in [4.78, 5) is 75.4. The van der Waals surface area contributed by atoms with E-state index < -0.39 is 71.0 Å². The second-order valence-electron chi connectivity index (χ2n) is 8.89. The lowest BCUT2D eigenvalue weighted by Gasteiger charge is -2.29. The molecule has 36 heavy (non-hydrogen) atoms. The van der Waals surface area contributed by atoms with Crippen LogP contribution in [0.4, 0.5) is 5.69 Å². The zero-order chi connectivity index (χ0) is 26.7. The van der Waals surface area contributed by atoms with Gasteiger partial charge < -0.3 is 31.7 Å². The highest BCUT2D eigenvalue weighted by Gasteiger charge is 2.44. The predicted molar refractivity (Wildman–Crippen MR) is 123 cm³/mol. The van der Waals surface area contributed by atoms with Gasteiger partial charge in [-0.15, -0.1) is 0 Å². The zero-order valence-electron chi connectivity index (χ0n) is 19.8. The quantitative estimate of drug-likeness (QED) is 0.276. The molecule has 2 aliphatic rings. The normalized spacial score (nSPS) is 25.2. The molecule has 2 bridgehead atoms. The van der Waals surface area contributed by atoms with E-state index in [4.69, 9.17) is 16.2 Å². The average molecular weight is 505 g/mol. The van der Waals surface area contributed by atoms with Crippen LogP contribution in [0.5, 0.6) is 5.75 Å². The SMILES string of the molecule is CC[C@@H](C)[C@@H]1NC(=O)c2cc([N+](=O)[O-])ccc2O[C@@H]2C[C@@H](C(N)=O)N(C2)C(=O)C(CC(N)=O)NC1=O. The Kier molecular flexibility index (Phi) is 7.75. The second-order valence-corrected chi connectivity index (χ2v) is 8.89. The molecule has 0 radical (unpaired) electrons. The molecule has 6 N–H and O–H groups in total. The number of fused-ring (bicyclic) bond motifs is 3. The molecule has 2 aliphatic heterocycles. The number of nitrogens with two attached hydrogens (primary N) is 2. The number of carbonyl (C=O) groups is 5. The van der Waals surface area contributed by atoms with Crippen LogP contribution in [0.2, 0.25) is 0 Å². The van der Waals surface area contributed by atoms with Crippen molar-refractivity contribution in [2.45, 2.75) is 57.3 Å². The molecule has 14 heteroatoms. The molecule has 14 nitrogen and oxygen atoms in total. The molecule has 1 saturated heterocycles. The van der Waals surface area contributed by atoms with E-state index in [-0.39, 0.29) is 30.0 Å². The third kappa shape index (κ3) is 5.53. The second kappa shape index (κ2) is 10.6. The van der Waals surface area contributed by atoms with E-state index in [2.05, 4.69) is 10.6 Å². The summed E-state index contributed by atoms with van der Waals surface area (Å²) in [7, 11) is 0. The largest absolute Gasteiger partial charge is 0.488 e. The summed E-state index contributed by atoms with van der Waals surface area (Å²) in [5.74, 6) is -4.49. The van der Waals surface area contributed by atoms with Crippen molar-refractivity contribution < 1.29 is 33.6 Å². The molecule has 3 rings (SSSR count). The number of rotatable bonds is 6. The molecule has 1 unspecified atom stereocenters. The van der Waals surface area contributed by atoms with Crippen molar-refractivity contribution in [3.05, 3.63) is 33.9 Å². The monoisotopic (exact) mass is 504 g/mol. The van der Waals surface area contributed by atoms with Gasteiger partial charge in [0.1, 0.15) is 30.0 Å². The maximum Gasteiger partial charge on any atom is 0.270 e. The predicted octanol–water partition coefficient (Wildman–Crippen LogP) is -1.05. The van der Waals surface area contributed by atoms with Crippen LogP contribution in [0, 0.1) is 16.0 Å². The minimum absolute atomic E-state index is 0.0307. The molecular weight excluding hydrogens is 476 g/mol. The lowest BCUT2D eigenvalue weighted by atomic mass is 9.97. The minimum Gasteiger partial charge on any atom is -0.488 e. The van der Waals surface area contributed by atoms with E-state index in [0.29, 0.717) is 6.42 Å². The fourth-order valence-electron chi connectivity index (χ4n) is 4.27. The number of ether oxygens (including phenoxy) is 1. The Hall–Kier alpha value is -4.23. The van der Waals surface area contributed by atoms with Crippen molar-refractivity contribution in [2.24, 2.45) is 17.4 Å². The van der Waals surface area contributed by atoms with Gasteiger partial charge in [0, 0.05) is 18.6 Å². The molecule has 1 aromatic rings. The standard InChI is InChI=1S/C22H28N6O8/c1-3-10(2)18-21(32)25-14(8-17(23)29)22(33)27-9-12(7-15(27)19(24)30)36-16-5-4-11(28(34)35)6-13(16)20(31)26-18/h4-6,10,12,14-15,18H,3,7-9H2,1-2H3,(H2,23,29)(H2,24,30)(H,25,32)(H,26,31)/t10-,12-,14?,15+,18+/m1/s1. The first-order valence-corrected chi connectivity index (χ1v) is 11.4. The Morgan fingerprint density at radius 1 is 1.25 bits per heavy atom. The van der Waals surface area contributed by atoms with Crippen LogP contribution in [-0.4, -0.2) is 70.1 Å². The first-order valence-electron chi connectivity index (χ1n) is 11.4. The number of hydrogen-bond donors (Lipinski definition) is 4. The van der Waals surface area contributed by atoms with Gasteiger partial charge in [-0.25, -0.2) is 0 Å². The Morgan fingerprint density at radius 2 is 1.94 bits per heavy atom. The number of amides is 5. The summed E-state index contributed by atoms with van der Waals surface area (Å²) in [6.45, 7) is 3.32. The minimum atomic E-state index is -1.41. The highest BCUT2D eigenvalue weighted by molar-refractivity contribution is 6.01. The Balaban J connectivity index is 2.13. The van der Waals surface area contributed by atoms with Crippen molar-refractivity contribution in [1.82, 2.24) is 15.5 Å². The van der Waals surface area contributed by atoms with Crippen molar-refractivity contribution in [1.29, 1.82) is 0 Å². The number of nitrogens with zero attached hydrogens (tertiary/aromatic N) is 2. The molecule has 2 heterocycles. The molecule has 5 amide bonds. The molecule has 1 aromatic carbocycles. The third-order valence-electron chi connectivity index (χ3n) is 6.39. The average Bonchev–Trinajstić information content (AvgIpc) is 3.24. The number of primary amides is 2. The van der Waals surface area contributed by atoms with Crippen LogP contribution >= 0.6 is 0 Å². The van der Waals surface area contributed by atoms with Gasteiger partial charge in [0.15, 0.2) is 0 Å². The molecule has 0 saturated carbocycles. The highest BCUT2D eigenvalue weighted by atomic mass is 16.6. The van der Waals surface area contributed by atoms with Crippen molar-refractivity contribution >= 4 is 35.2 Å².